The number of benzene rings is 2. The average molecular weight is 295 g/mol. The number of ether oxygens (including phenoxy) is 1. The molecule has 4 heteroatoms. The molecule has 0 aliphatic heterocycles. The number of aliphatic hydroxyl groups is 1. The molecule has 2 nitrogen and oxygen atoms in total. The molecule has 0 aliphatic carbocycles. The van der Waals surface area contributed by atoms with Gasteiger partial charge in [0, 0.05) is 16.5 Å². The SMILES string of the molecule is O[C@@H](CCl)CSc1ccc(Oc2ccccc2)cc1. The largest absolute Gasteiger partial charge is 0.457 e. The molecule has 2 rings (SSSR count). The lowest BCUT2D eigenvalue weighted by Gasteiger charge is -2.08. The van der Waals surface area contributed by atoms with Crippen LogP contribution < -0.4 is 4.74 Å². The van der Waals surface area contributed by atoms with Gasteiger partial charge in [-0.05, 0) is 36.4 Å². The first-order chi connectivity index (χ1) is 9.28. The minimum Gasteiger partial charge on any atom is -0.457 e. The Hall–Kier alpha value is -1.16. The summed E-state index contributed by atoms with van der Waals surface area (Å²) in [5, 5.41) is 9.39. The summed E-state index contributed by atoms with van der Waals surface area (Å²) in [7, 11) is 0. The van der Waals surface area contributed by atoms with Gasteiger partial charge in [0.2, 0.25) is 0 Å². The molecule has 0 aliphatic rings. The third-order valence-corrected chi connectivity index (χ3v) is 3.94. The average Bonchev–Trinajstić information content (AvgIpc) is 2.47. The van der Waals surface area contributed by atoms with Crippen LogP contribution in [0, 0.1) is 0 Å². The van der Waals surface area contributed by atoms with E-state index < -0.39 is 6.10 Å². The molecule has 0 amide bonds. The molecule has 2 aromatic rings. The van der Waals surface area contributed by atoms with E-state index in [1.54, 1.807) is 11.8 Å². The molecule has 1 N–H and O–H groups in total. The van der Waals surface area contributed by atoms with Crippen molar-refractivity contribution in [2.75, 3.05) is 11.6 Å². The van der Waals surface area contributed by atoms with Gasteiger partial charge < -0.3 is 9.84 Å². The maximum absolute atomic E-state index is 9.39. The van der Waals surface area contributed by atoms with Crippen LogP contribution in [0.5, 0.6) is 11.5 Å². The van der Waals surface area contributed by atoms with Crippen LogP contribution in [0.1, 0.15) is 0 Å². The van der Waals surface area contributed by atoms with Crippen LogP contribution in [-0.2, 0) is 0 Å². The highest BCUT2D eigenvalue weighted by Gasteiger charge is 2.03. The molecule has 0 radical (unpaired) electrons. The summed E-state index contributed by atoms with van der Waals surface area (Å²) in [4.78, 5) is 1.09. The number of halogens is 1. The lowest BCUT2D eigenvalue weighted by Crippen LogP contribution is -2.10. The Morgan fingerprint density at radius 1 is 1.00 bits per heavy atom. The summed E-state index contributed by atoms with van der Waals surface area (Å²) in [6, 6.07) is 17.5. The molecule has 19 heavy (non-hydrogen) atoms. The second kappa shape index (κ2) is 7.43. The second-order valence-corrected chi connectivity index (χ2v) is 5.41. The predicted molar refractivity (Wildman–Crippen MR) is 80.4 cm³/mol. The lowest BCUT2D eigenvalue weighted by molar-refractivity contribution is 0.223. The van der Waals surface area contributed by atoms with Crippen molar-refractivity contribution in [3.8, 4) is 11.5 Å². The lowest BCUT2D eigenvalue weighted by atomic mass is 10.3. The van der Waals surface area contributed by atoms with E-state index in [1.807, 2.05) is 54.6 Å². The van der Waals surface area contributed by atoms with Gasteiger partial charge in [-0.1, -0.05) is 18.2 Å². The van der Waals surface area contributed by atoms with Crippen molar-refractivity contribution >= 4 is 23.4 Å². The summed E-state index contributed by atoms with van der Waals surface area (Å²) >= 11 is 7.13. The van der Waals surface area contributed by atoms with Crippen molar-refractivity contribution in [2.24, 2.45) is 0 Å². The highest BCUT2D eigenvalue weighted by Crippen LogP contribution is 2.25. The normalized spacial score (nSPS) is 12.1. The molecule has 0 saturated carbocycles. The standard InChI is InChI=1S/C15H15ClO2S/c16-10-12(17)11-19-15-8-6-14(7-9-15)18-13-4-2-1-3-5-13/h1-9,12,17H,10-11H2/t12-/m0/s1. The first-order valence-corrected chi connectivity index (χ1v) is 7.50. The Morgan fingerprint density at radius 3 is 2.26 bits per heavy atom. The molecular formula is C15H15ClO2S. The quantitative estimate of drug-likeness (QED) is 0.640. The summed E-state index contributed by atoms with van der Waals surface area (Å²) in [6.45, 7) is 0. The summed E-state index contributed by atoms with van der Waals surface area (Å²) in [5.74, 6) is 2.49. The third kappa shape index (κ3) is 4.78. The van der Waals surface area contributed by atoms with E-state index in [0.717, 1.165) is 16.4 Å². The van der Waals surface area contributed by atoms with Crippen LogP contribution in [0.15, 0.2) is 59.5 Å². The molecular weight excluding hydrogens is 280 g/mol. The van der Waals surface area contributed by atoms with E-state index in [0.29, 0.717) is 5.75 Å². The maximum Gasteiger partial charge on any atom is 0.127 e. The van der Waals surface area contributed by atoms with Gasteiger partial charge in [-0.25, -0.2) is 0 Å². The molecule has 2 aromatic carbocycles. The minimum absolute atomic E-state index is 0.266. The summed E-state index contributed by atoms with van der Waals surface area (Å²) in [5.41, 5.74) is 0. The van der Waals surface area contributed by atoms with Gasteiger partial charge >= 0.3 is 0 Å². The van der Waals surface area contributed by atoms with Crippen LogP contribution in [0.4, 0.5) is 0 Å². The van der Waals surface area contributed by atoms with Gasteiger partial charge in [0.05, 0.1) is 6.10 Å². The Kier molecular flexibility index (Phi) is 5.58. The van der Waals surface area contributed by atoms with Crippen LogP contribution in [0.2, 0.25) is 0 Å². The van der Waals surface area contributed by atoms with Crippen molar-refractivity contribution in [3.05, 3.63) is 54.6 Å². The molecule has 0 spiro atoms. The number of aliphatic hydroxyl groups excluding tert-OH is 1. The fourth-order valence-electron chi connectivity index (χ4n) is 1.47. The molecule has 0 aromatic heterocycles. The van der Waals surface area contributed by atoms with Crippen molar-refractivity contribution in [1.82, 2.24) is 0 Å². The smallest absolute Gasteiger partial charge is 0.127 e. The zero-order valence-electron chi connectivity index (χ0n) is 10.3. The number of hydrogen-bond donors (Lipinski definition) is 1. The summed E-state index contributed by atoms with van der Waals surface area (Å²) < 4.78 is 5.70. The molecule has 1 atom stereocenters. The van der Waals surface area contributed by atoms with E-state index in [-0.39, 0.29) is 5.88 Å². The first kappa shape index (κ1) is 14.3. The zero-order valence-corrected chi connectivity index (χ0v) is 11.9. The Balaban J connectivity index is 1.91. The monoisotopic (exact) mass is 294 g/mol. The Bertz CT molecular complexity index is 487. The van der Waals surface area contributed by atoms with Gasteiger partial charge in [0.25, 0.3) is 0 Å². The molecule has 0 unspecified atom stereocenters. The van der Waals surface area contributed by atoms with Gasteiger partial charge in [0.15, 0.2) is 0 Å². The number of hydrogen-bond acceptors (Lipinski definition) is 3. The predicted octanol–water partition coefficient (Wildman–Crippen LogP) is 4.17. The van der Waals surface area contributed by atoms with Crippen LogP contribution in [-0.4, -0.2) is 22.8 Å². The fraction of sp³-hybridized carbons (Fsp3) is 0.200. The second-order valence-electron chi connectivity index (χ2n) is 4.01. The number of para-hydroxylation sites is 1. The van der Waals surface area contributed by atoms with E-state index in [2.05, 4.69) is 0 Å². The van der Waals surface area contributed by atoms with Crippen molar-refractivity contribution < 1.29 is 9.84 Å². The maximum atomic E-state index is 9.39. The van der Waals surface area contributed by atoms with Gasteiger partial charge in [-0.15, -0.1) is 23.4 Å². The first-order valence-electron chi connectivity index (χ1n) is 5.98. The minimum atomic E-state index is -0.466. The van der Waals surface area contributed by atoms with E-state index in [9.17, 15) is 5.11 Å². The van der Waals surface area contributed by atoms with Gasteiger partial charge in [-0.2, -0.15) is 0 Å². The number of rotatable bonds is 6. The molecule has 0 bridgehead atoms. The molecule has 0 fully saturated rings. The van der Waals surface area contributed by atoms with Crippen molar-refractivity contribution in [1.29, 1.82) is 0 Å². The van der Waals surface area contributed by atoms with E-state index >= 15 is 0 Å². The summed E-state index contributed by atoms with van der Waals surface area (Å²) in [6.07, 6.45) is -0.466. The third-order valence-electron chi connectivity index (χ3n) is 2.42. The number of thioether (sulfide) groups is 1. The van der Waals surface area contributed by atoms with Crippen molar-refractivity contribution in [3.63, 3.8) is 0 Å². The number of alkyl halides is 1. The topological polar surface area (TPSA) is 29.5 Å². The molecule has 0 saturated heterocycles. The zero-order chi connectivity index (χ0) is 13.5. The Morgan fingerprint density at radius 2 is 1.63 bits per heavy atom. The van der Waals surface area contributed by atoms with Crippen molar-refractivity contribution in [2.45, 2.75) is 11.0 Å². The van der Waals surface area contributed by atoms with Gasteiger partial charge in [0.1, 0.15) is 11.5 Å². The highest BCUT2D eigenvalue weighted by molar-refractivity contribution is 7.99. The molecule has 100 valence electrons. The van der Waals surface area contributed by atoms with E-state index in [4.69, 9.17) is 16.3 Å². The van der Waals surface area contributed by atoms with Crippen LogP contribution in [0.3, 0.4) is 0 Å². The van der Waals surface area contributed by atoms with Crippen LogP contribution >= 0.6 is 23.4 Å². The molecule has 0 heterocycles. The van der Waals surface area contributed by atoms with Crippen LogP contribution in [0.25, 0.3) is 0 Å². The van der Waals surface area contributed by atoms with Gasteiger partial charge in [-0.3, -0.25) is 0 Å². The van der Waals surface area contributed by atoms with E-state index in [1.165, 1.54) is 0 Å². The Labute approximate surface area is 122 Å². The highest BCUT2D eigenvalue weighted by atomic mass is 35.5. The fourth-order valence-corrected chi connectivity index (χ4v) is 2.54.